The molecule has 2 atom stereocenters. The van der Waals surface area contributed by atoms with Gasteiger partial charge in [-0.2, -0.15) is 5.10 Å². The van der Waals surface area contributed by atoms with Gasteiger partial charge in [0.15, 0.2) is 6.17 Å². The van der Waals surface area contributed by atoms with E-state index in [2.05, 4.69) is 34.9 Å². The van der Waals surface area contributed by atoms with Gasteiger partial charge in [-0.3, -0.25) is 23.9 Å². The van der Waals surface area contributed by atoms with Crippen LogP contribution in [0.5, 0.6) is 0 Å². The van der Waals surface area contributed by atoms with Crippen LogP contribution in [0.15, 0.2) is 30.5 Å². The number of halogens is 1. The summed E-state index contributed by atoms with van der Waals surface area (Å²) in [5.41, 5.74) is 0.778. The number of nitrogens with zero attached hydrogens (tertiary/aromatic N) is 4. The van der Waals surface area contributed by atoms with E-state index >= 15 is 4.39 Å². The van der Waals surface area contributed by atoms with Gasteiger partial charge >= 0.3 is 0 Å². The van der Waals surface area contributed by atoms with Gasteiger partial charge in [0.2, 0.25) is 11.8 Å². The molecular weight excluding hydrogens is 613 g/mol. The molecule has 0 unspecified atom stereocenters. The Morgan fingerprint density at radius 2 is 1.60 bits per heavy atom. The summed E-state index contributed by atoms with van der Waals surface area (Å²) >= 11 is 0. The Hall–Kier alpha value is -3.96. The fraction of sp³-hybridized carbons (Fsp3) is 0.639. The minimum Gasteiger partial charge on any atom is -0.346 e. The van der Waals surface area contributed by atoms with Gasteiger partial charge < -0.3 is 25.8 Å². The van der Waals surface area contributed by atoms with Crippen molar-refractivity contribution in [2.24, 2.45) is 17.8 Å². The van der Waals surface area contributed by atoms with Crippen LogP contribution in [0.1, 0.15) is 108 Å². The summed E-state index contributed by atoms with van der Waals surface area (Å²) in [6.07, 6.45) is 10.2. The number of hydrogen-bond donors (Lipinski definition) is 3. The van der Waals surface area contributed by atoms with Crippen LogP contribution in [0.3, 0.4) is 0 Å². The number of aromatic nitrogens is 2. The number of likely N-dealkylation sites (tertiary alicyclic amines) is 1. The summed E-state index contributed by atoms with van der Waals surface area (Å²) in [7, 11) is 1.64. The van der Waals surface area contributed by atoms with Crippen molar-refractivity contribution in [1.82, 2.24) is 25.3 Å². The van der Waals surface area contributed by atoms with Gasteiger partial charge in [-0.25, -0.2) is 4.39 Å². The molecule has 1 aliphatic heterocycles. The molecule has 1 saturated heterocycles. The van der Waals surface area contributed by atoms with Crippen molar-refractivity contribution < 1.29 is 23.6 Å². The maximum Gasteiger partial charge on any atom is 0.270 e. The molecule has 11 nitrogen and oxygen atoms in total. The molecular formula is C36H52FN7O4. The van der Waals surface area contributed by atoms with E-state index in [1.165, 1.54) is 12.1 Å². The number of carbonyl (C=O) groups is 4. The molecule has 1 aromatic carbocycles. The van der Waals surface area contributed by atoms with Crippen molar-refractivity contribution in [3.8, 4) is 0 Å². The highest BCUT2D eigenvalue weighted by atomic mass is 19.1. The van der Waals surface area contributed by atoms with Crippen LogP contribution in [0, 0.1) is 23.6 Å². The summed E-state index contributed by atoms with van der Waals surface area (Å²) in [6.45, 7) is 7.27. The topological polar surface area (TPSA) is 129 Å². The number of amides is 4. The van der Waals surface area contributed by atoms with E-state index in [0.29, 0.717) is 36.3 Å². The lowest BCUT2D eigenvalue weighted by atomic mass is 9.79. The first kappa shape index (κ1) is 35.3. The third-order valence-electron chi connectivity index (χ3n) is 10.6. The summed E-state index contributed by atoms with van der Waals surface area (Å²) < 4.78 is 17.5. The second-order valence-electron chi connectivity index (χ2n) is 14.2. The number of likely N-dealkylation sites (N-methyl/N-ethyl adjacent to an activating group) is 1. The van der Waals surface area contributed by atoms with E-state index in [-0.39, 0.29) is 41.8 Å². The Morgan fingerprint density at radius 3 is 2.25 bits per heavy atom. The molecule has 2 aromatic rings. The molecule has 2 aliphatic carbocycles. The first-order valence-corrected chi connectivity index (χ1v) is 17.8. The summed E-state index contributed by atoms with van der Waals surface area (Å²) in [5.74, 6) is -1.06. The van der Waals surface area contributed by atoms with Gasteiger partial charge in [-0.15, -0.1) is 0 Å². The SMILES string of the molecule is CCC(=O)N[C@@H](C(=O)N1CCC(C)CC1)N(C)c1ccc(NC(=O)[C@@H](NC(=O)c2ccnn2C2CCCC2)[C@H]2CC[C@H](C)CC2)c(F)c1. The molecule has 3 aliphatic rings. The fourth-order valence-corrected chi connectivity index (χ4v) is 7.33. The lowest BCUT2D eigenvalue weighted by Crippen LogP contribution is -2.57. The number of benzene rings is 1. The molecule has 2 heterocycles. The van der Waals surface area contributed by atoms with Crippen molar-refractivity contribution in [3.05, 3.63) is 42.0 Å². The highest BCUT2D eigenvalue weighted by Crippen LogP contribution is 2.33. The first-order valence-electron chi connectivity index (χ1n) is 17.8. The number of anilines is 2. The van der Waals surface area contributed by atoms with Crippen LogP contribution in [0.25, 0.3) is 0 Å². The van der Waals surface area contributed by atoms with Crippen molar-refractivity contribution in [1.29, 1.82) is 0 Å². The Kier molecular flexibility index (Phi) is 11.8. The van der Waals surface area contributed by atoms with Crippen molar-refractivity contribution in [2.45, 2.75) is 110 Å². The normalized spacial score (nSPS) is 21.7. The Labute approximate surface area is 283 Å². The summed E-state index contributed by atoms with van der Waals surface area (Å²) in [4.78, 5) is 56.7. The quantitative estimate of drug-likeness (QED) is 0.282. The zero-order valence-corrected chi connectivity index (χ0v) is 28.8. The van der Waals surface area contributed by atoms with Crippen LogP contribution in [0.2, 0.25) is 0 Å². The van der Waals surface area contributed by atoms with E-state index in [1.807, 2.05) is 0 Å². The molecule has 262 valence electrons. The maximum atomic E-state index is 15.7. The molecule has 4 amide bonds. The lowest BCUT2D eigenvalue weighted by Gasteiger charge is -2.37. The number of hydrogen-bond acceptors (Lipinski definition) is 6. The molecule has 3 N–H and O–H groups in total. The van der Waals surface area contributed by atoms with E-state index in [0.717, 1.165) is 64.2 Å². The average molecular weight is 666 g/mol. The third kappa shape index (κ3) is 8.36. The largest absolute Gasteiger partial charge is 0.346 e. The van der Waals surface area contributed by atoms with Crippen LogP contribution in [0.4, 0.5) is 15.8 Å². The molecule has 12 heteroatoms. The number of carbonyl (C=O) groups excluding carboxylic acids is 4. The lowest BCUT2D eigenvalue weighted by molar-refractivity contribution is -0.137. The predicted octanol–water partition coefficient (Wildman–Crippen LogP) is 5.25. The molecule has 5 rings (SSSR count). The standard InChI is InChI=1S/C36H52FN7O4/c1-5-31(45)40-33(36(48)43-20-17-24(3)18-21-43)42(4)27-14-15-29(28(37)22-27)39-35(47)32(25-12-10-23(2)11-13-25)41-34(46)30-16-19-38-44(30)26-8-6-7-9-26/h14-16,19,22-26,32-33H,5-13,17-18,20-21H2,1-4H3,(H,39,47)(H,40,45)(H,41,46)/t23-,25-,32-,33+/m0/s1. The second kappa shape index (κ2) is 16.0. The highest BCUT2D eigenvalue weighted by molar-refractivity contribution is 6.01. The smallest absolute Gasteiger partial charge is 0.270 e. The van der Waals surface area contributed by atoms with Gasteiger partial charge in [0, 0.05) is 38.4 Å². The molecule has 0 bridgehead atoms. The third-order valence-corrected chi connectivity index (χ3v) is 10.6. The number of nitrogens with one attached hydrogen (secondary N) is 3. The van der Waals surface area contributed by atoms with Crippen molar-refractivity contribution >= 4 is 35.0 Å². The Morgan fingerprint density at radius 1 is 0.938 bits per heavy atom. The van der Waals surface area contributed by atoms with E-state index in [9.17, 15) is 19.2 Å². The summed E-state index contributed by atoms with van der Waals surface area (Å²) in [6, 6.07) is 5.34. The Bertz CT molecular complexity index is 1440. The molecule has 0 spiro atoms. The molecule has 1 aromatic heterocycles. The average Bonchev–Trinajstić information content (AvgIpc) is 3.80. The van der Waals surface area contributed by atoms with Gasteiger partial charge in [0.05, 0.1) is 11.7 Å². The zero-order valence-electron chi connectivity index (χ0n) is 28.8. The van der Waals surface area contributed by atoms with E-state index < -0.39 is 23.9 Å². The van der Waals surface area contributed by atoms with Gasteiger partial charge in [-0.05, 0) is 80.5 Å². The van der Waals surface area contributed by atoms with E-state index in [1.54, 1.807) is 46.8 Å². The van der Waals surface area contributed by atoms with Crippen LogP contribution < -0.4 is 20.9 Å². The molecule has 2 saturated carbocycles. The Balaban J connectivity index is 1.32. The number of piperidine rings is 1. The van der Waals surface area contributed by atoms with Crippen molar-refractivity contribution in [3.63, 3.8) is 0 Å². The monoisotopic (exact) mass is 665 g/mol. The predicted molar refractivity (Wildman–Crippen MR) is 183 cm³/mol. The van der Waals surface area contributed by atoms with Gasteiger partial charge in [-0.1, -0.05) is 46.5 Å². The first-order chi connectivity index (χ1) is 23.0. The van der Waals surface area contributed by atoms with Gasteiger partial charge in [0.25, 0.3) is 11.8 Å². The van der Waals surface area contributed by atoms with Crippen LogP contribution in [-0.2, 0) is 14.4 Å². The van der Waals surface area contributed by atoms with Crippen LogP contribution >= 0.6 is 0 Å². The molecule has 48 heavy (non-hydrogen) atoms. The number of rotatable bonds is 11. The van der Waals surface area contributed by atoms with Crippen LogP contribution in [-0.4, -0.2) is 70.7 Å². The highest BCUT2D eigenvalue weighted by Gasteiger charge is 2.35. The van der Waals surface area contributed by atoms with Crippen molar-refractivity contribution in [2.75, 3.05) is 30.4 Å². The molecule has 3 fully saturated rings. The van der Waals surface area contributed by atoms with Gasteiger partial charge in [0.1, 0.15) is 17.6 Å². The van der Waals surface area contributed by atoms with E-state index in [4.69, 9.17) is 0 Å². The maximum absolute atomic E-state index is 15.7. The minimum absolute atomic E-state index is 0.0259. The fourth-order valence-electron chi connectivity index (χ4n) is 7.33. The molecule has 0 radical (unpaired) electrons. The minimum atomic E-state index is -1.00. The zero-order chi connectivity index (χ0) is 34.4. The summed E-state index contributed by atoms with van der Waals surface area (Å²) in [5, 5.41) is 13.0. The second-order valence-corrected chi connectivity index (χ2v) is 14.2.